The van der Waals surface area contributed by atoms with Crippen LogP contribution in [0.4, 0.5) is 5.69 Å². The predicted octanol–water partition coefficient (Wildman–Crippen LogP) is 2.62. The molecular weight excluding hydrogens is 364 g/mol. The smallest absolute Gasteiger partial charge is 0.263 e. The number of nitrogens with one attached hydrogen (secondary N) is 2. The van der Waals surface area contributed by atoms with Crippen LogP contribution in [0.3, 0.4) is 0 Å². The van der Waals surface area contributed by atoms with Gasteiger partial charge in [0.25, 0.3) is 15.9 Å². The molecule has 1 aromatic heterocycles. The molecular formula is C16H20N2O5S2. The maximum atomic E-state index is 12.7. The SMILES string of the molecule is CCNC(=O)c1cc(S(=O)(=O)Nc2ccc(OC)cc2OC)c(C)s1. The molecule has 0 atom stereocenters. The van der Waals surface area contributed by atoms with E-state index < -0.39 is 10.0 Å². The van der Waals surface area contributed by atoms with Crippen LogP contribution in [0.25, 0.3) is 0 Å². The van der Waals surface area contributed by atoms with Gasteiger partial charge >= 0.3 is 0 Å². The average molecular weight is 384 g/mol. The van der Waals surface area contributed by atoms with Gasteiger partial charge in [-0.3, -0.25) is 9.52 Å². The highest BCUT2D eigenvalue weighted by Gasteiger charge is 2.23. The molecule has 0 bridgehead atoms. The molecule has 136 valence electrons. The van der Waals surface area contributed by atoms with Gasteiger partial charge in [-0.2, -0.15) is 0 Å². The van der Waals surface area contributed by atoms with Crippen LogP contribution in [0.15, 0.2) is 29.2 Å². The van der Waals surface area contributed by atoms with Crippen molar-refractivity contribution in [2.75, 3.05) is 25.5 Å². The summed E-state index contributed by atoms with van der Waals surface area (Å²) < 4.78 is 38.2. The van der Waals surface area contributed by atoms with E-state index in [0.29, 0.717) is 27.8 Å². The van der Waals surface area contributed by atoms with E-state index in [2.05, 4.69) is 10.0 Å². The second-order valence-corrected chi connectivity index (χ2v) is 7.97. The molecule has 1 amide bonds. The number of sulfonamides is 1. The number of carbonyl (C=O) groups excluding carboxylic acids is 1. The summed E-state index contributed by atoms with van der Waals surface area (Å²) in [5.41, 5.74) is 0.286. The number of methoxy groups -OCH3 is 2. The topological polar surface area (TPSA) is 93.7 Å². The van der Waals surface area contributed by atoms with E-state index in [-0.39, 0.29) is 16.5 Å². The summed E-state index contributed by atoms with van der Waals surface area (Å²) in [6.45, 7) is 3.93. The highest BCUT2D eigenvalue weighted by atomic mass is 32.2. The molecule has 0 spiro atoms. The molecule has 0 saturated carbocycles. The van der Waals surface area contributed by atoms with Gasteiger partial charge in [0.1, 0.15) is 16.4 Å². The van der Waals surface area contributed by atoms with E-state index in [4.69, 9.17) is 9.47 Å². The van der Waals surface area contributed by atoms with E-state index in [1.54, 1.807) is 32.0 Å². The third-order valence-corrected chi connectivity index (χ3v) is 6.05. The number of anilines is 1. The summed E-state index contributed by atoms with van der Waals surface area (Å²) in [6, 6.07) is 6.14. The first-order valence-corrected chi connectivity index (χ1v) is 9.75. The minimum Gasteiger partial charge on any atom is -0.497 e. The monoisotopic (exact) mass is 384 g/mol. The molecule has 0 fully saturated rings. The van der Waals surface area contributed by atoms with Gasteiger partial charge in [-0.05, 0) is 32.0 Å². The van der Waals surface area contributed by atoms with E-state index in [1.165, 1.54) is 20.3 Å². The molecule has 1 aromatic carbocycles. The Hall–Kier alpha value is -2.26. The summed E-state index contributed by atoms with van der Waals surface area (Å²) in [4.78, 5) is 12.9. The van der Waals surface area contributed by atoms with Gasteiger partial charge in [0.05, 0.1) is 24.8 Å². The quantitative estimate of drug-likeness (QED) is 0.765. The highest BCUT2D eigenvalue weighted by molar-refractivity contribution is 7.93. The number of rotatable bonds is 7. The van der Waals surface area contributed by atoms with Crippen LogP contribution in [0, 0.1) is 6.92 Å². The van der Waals surface area contributed by atoms with Gasteiger partial charge in [-0.1, -0.05) is 0 Å². The minimum absolute atomic E-state index is 0.0663. The van der Waals surface area contributed by atoms with Crippen LogP contribution in [0.2, 0.25) is 0 Å². The maximum absolute atomic E-state index is 12.7. The first-order valence-electron chi connectivity index (χ1n) is 7.45. The van der Waals surface area contributed by atoms with Crippen molar-refractivity contribution in [3.8, 4) is 11.5 Å². The lowest BCUT2D eigenvalue weighted by Gasteiger charge is -2.12. The lowest BCUT2D eigenvalue weighted by Crippen LogP contribution is -2.21. The number of ether oxygens (including phenoxy) is 2. The van der Waals surface area contributed by atoms with Gasteiger partial charge in [0, 0.05) is 17.5 Å². The van der Waals surface area contributed by atoms with E-state index in [1.807, 2.05) is 0 Å². The number of hydrogen-bond donors (Lipinski definition) is 2. The molecule has 2 aromatic rings. The Morgan fingerprint density at radius 1 is 1.20 bits per heavy atom. The summed E-state index contributed by atoms with van der Waals surface area (Å²) in [5.74, 6) is 0.587. The molecule has 2 rings (SSSR count). The fourth-order valence-corrected chi connectivity index (χ4v) is 4.75. The van der Waals surface area contributed by atoms with E-state index in [0.717, 1.165) is 11.3 Å². The van der Waals surface area contributed by atoms with E-state index in [9.17, 15) is 13.2 Å². The van der Waals surface area contributed by atoms with Crippen LogP contribution in [0.1, 0.15) is 21.5 Å². The van der Waals surface area contributed by atoms with Crippen LogP contribution in [-0.2, 0) is 10.0 Å². The van der Waals surface area contributed by atoms with Gasteiger partial charge in [0.2, 0.25) is 0 Å². The average Bonchev–Trinajstić information content (AvgIpc) is 2.98. The largest absolute Gasteiger partial charge is 0.497 e. The van der Waals surface area contributed by atoms with Crippen molar-refractivity contribution in [3.05, 3.63) is 34.0 Å². The Labute approximate surface area is 151 Å². The first kappa shape index (κ1) is 19.1. The van der Waals surface area contributed by atoms with Crippen molar-refractivity contribution < 1.29 is 22.7 Å². The van der Waals surface area contributed by atoms with Crippen LogP contribution in [-0.4, -0.2) is 35.1 Å². The Kier molecular flexibility index (Phi) is 5.91. The lowest BCUT2D eigenvalue weighted by molar-refractivity contribution is 0.0959. The summed E-state index contributed by atoms with van der Waals surface area (Å²) >= 11 is 1.13. The van der Waals surface area contributed by atoms with Crippen molar-refractivity contribution >= 4 is 33.0 Å². The summed E-state index contributed by atoms with van der Waals surface area (Å²) in [6.07, 6.45) is 0. The number of carbonyl (C=O) groups is 1. The van der Waals surface area contributed by atoms with Gasteiger partial charge in [-0.25, -0.2) is 8.42 Å². The minimum atomic E-state index is -3.86. The number of thiophene rings is 1. The second-order valence-electron chi connectivity index (χ2n) is 5.06. The Balaban J connectivity index is 2.35. The normalized spacial score (nSPS) is 11.0. The van der Waals surface area contributed by atoms with Crippen LogP contribution < -0.4 is 19.5 Å². The molecule has 0 radical (unpaired) electrons. The van der Waals surface area contributed by atoms with Gasteiger partial charge < -0.3 is 14.8 Å². The zero-order valence-electron chi connectivity index (χ0n) is 14.4. The van der Waals surface area contributed by atoms with Gasteiger partial charge in [-0.15, -0.1) is 11.3 Å². The number of benzene rings is 1. The standard InChI is InChI=1S/C16H20N2O5S2/c1-5-17-16(19)14-9-15(10(2)24-14)25(20,21)18-12-7-6-11(22-3)8-13(12)23-4/h6-9,18H,5H2,1-4H3,(H,17,19). The molecule has 0 aliphatic rings. The molecule has 0 aliphatic carbocycles. The maximum Gasteiger partial charge on any atom is 0.263 e. The van der Waals surface area contributed by atoms with Crippen molar-refractivity contribution in [2.45, 2.75) is 18.7 Å². The van der Waals surface area contributed by atoms with Gasteiger partial charge in [0.15, 0.2) is 0 Å². The molecule has 1 heterocycles. The molecule has 9 heteroatoms. The predicted molar refractivity (Wildman–Crippen MR) is 97.4 cm³/mol. The Bertz CT molecular complexity index is 875. The number of aryl methyl sites for hydroxylation is 1. The summed E-state index contributed by atoms with van der Waals surface area (Å²) in [7, 11) is -0.914. The molecule has 0 aliphatic heterocycles. The number of amides is 1. The highest BCUT2D eigenvalue weighted by Crippen LogP contribution is 2.33. The van der Waals surface area contributed by atoms with Crippen molar-refractivity contribution in [3.63, 3.8) is 0 Å². The first-order chi connectivity index (χ1) is 11.8. The Morgan fingerprint density at radius 2 is 1.92 bits per heavy atom. The second kappa shape index (κ2) is 7.75. The zero-order valence-corrected chi connectivity index (χ0v) is 16.0. The molecule has 7 nitrogen and oxygen atoms in total. The fraction of sp³-hybridized carbons (Fsp3) is 0.312. The zero-order chi connectivity index (χ0) is 18.6. The summed E-state index contributed by atoms with van der Waals surface area (Å²) in [5, 5.41) is 2.66. The van der Waals surface area contributed by atoms with Crippen molar-refractivity contribution in [1.29, 1.82) is 0 Å². The molecule has 0 saturated heterocycles. The van der Waals surface area contributed by atoms with Crippen LogP contribution >= 0.6 is 11.3 Å². The number of hydrogen-bond acceptors (Lipinski definition) is 6. The lowest BCUT2D eigenvalue weighted by atomic mass is 10.3. The van der Waals surface area contributed by atoms with Crippen molar-refractivity contribution in [2.24, 2.45) is 0 Å². The van der Waals surface area contributed by atoms with E-state index >= 15 is 0 Å². The third kappa shape index (κ3) is 4.23. The third-order valence-electron chi connectivity index (χ3n) is 3.38. The fourth-order valence-electron chi connectivity index (χ4n) is 2.17. The molecule has 2 N–H and O–H groups in total. The van der Waals surface area contributed by atoms with Crippen molar-refractivity contribution in [1.82, 2.24) is 5.32 Å². The molecule has 25 heavy (non-hydrogen) atoms. The van der Waals surface area contributed by atoms with Crippen LogP contribution in [0.5, 0.6) is 11.5 Å². The Morgan fingerprint density at radius 3 is 2.52 bits per heavy atom. The molecule has 0 unspecified atom stereocenters.